The molecule has 0 atom stereocenters. The van der Waals surface area contributed by atoms with E-state index in [4.69, 9.17) is 5.11 Å². The predicted molar refractivity (Wildman–Crippen MR) is 88.5 cm³/mol. The zero-order valence-corrected chi connectivity index (χ0v) is 13.6. The van der Waals surface area contributed by atoms with E-state index in [9.17, 15) is 9.18 Å². The number of aromatic carboxylic acids is 1. The van der Waals surface area contributed by atoms with Crippen molar-refractivity contribution in [3.8, 4) is 11.3 Å². The van der Waals surface area contributed by atoms with E-state index in [2.05, 4.69) is 20.2 Å². The van der Waals surface area contributed by atoms with Crippen molar-refractivity contribution in [2.24, 2.45) is 0 Å². The topological polar surface area (TPSA) is 88.9 Å². The van der Waals surface area contributed by atoms with E-state index in [-0.39, 0.29) is 11.3 Å². The molecule has 0 amide bonds. The number of carboxylic acid groups (broad SMARTS) is 1. The van der Waals surface area contributed by atoms with E-state index < -0.39 is 17.3 Å². The minimum atomic E-state index is -1.09. The molecule has 7 heteroatoms. The van der Waals surface area contributed by atoms with E-state index >= 15 is 0 Å². The first kappa shape index (κ1) is 16.6. The van der Waals surface area contributed by atoms with Crippen LogP contribution in [0.3, 0.4) is 0 Å². The maximum Gasteiger partial charge on any atom is 0.354 e. The average Bonchev–Trinajstić information content (AvgIpc) is 2.62. The molecule has 0 aromatic carbocycles. The summed E-state index contributed by atoms with van der Waals surface area (Å²) in [5, 5.41) is 16.0. The van der Waals surface area contributed by atoms with Crippen LogP contribution in [0.2, 0.25) is 0 Å². The molecule has 0 unspecified atom stereocenters. The summed E-state index contributed by atoms with van der Waals surface area (Å²) in [4.78, 5) is 19.9. The lowest BCUT2D eigenvalue weighted by molar-refractivity contribution is 0.0690. The summed E-state index contributed by atoms with van der Waals surface area (Å²) in [6.45, 7) is 3.77. The molecule has 6 nitrogen and oxygen atoms in total. The molecule has 126 valence electrons. The van der Waals surface area contributed by atoms with Gasteiger partial charge in [0, 0.05) is 5.41 Å². The van der Waals surface area contributed by atoms with Crippen LogP contribution in [0.1, 0.15) is 35.7 Å². The van der Waals surface area contributed by atoms with Gasteiger partial charge in [-0.25, -0.2) is 9.78 Å². The Morgan fingerprint density at radius 1 is 1.04 bits per heavy atom. The maximum absolute atomic E-state index is 13.9. The van der Waals surface area contributed by atoms with Crippen LogP contribution < -0.4 is 0 Å². The second-order valence-electron chi connectivity index (χ2n) is 5.98. The first-order valence-corrected chi connectivity index (χ1v) is 7.55. The van der Waals surface area contributed by atoms with Gasteiger partial charge in [0.1, 0.15) is 5.69 Å². The monoisotopic (exact) mass is 338 g/mol. The SMILES string of the molecule is CC(C)(c1cccc(C(=O)O)n1)c1cccc(-c2ccnnc2F)n1. The van der Waals surface area contributed by atoms with Crippen LogP contribution in [0, 0.1) is 5.95 Å². The Bertz CT molecular complexity index is 944. The van der Waals surface area contributed by atoms with Gasteiger partial charge in [0.05, 0.1) is 28.8 Å². The number of halogens is 1. The number of nitrogens with zero attached hydrogens (tertiary/aromatic N) is 4. The Morgan fingerprint density at radius 3 is 2.40 bits per heavy atom. The highest BCUT2D eigenvalue weighted by Gasteiger charge is 2.27. The second-order valence-corrected chi connectivity index (χ2v) is 5.98. The highest BCUT2D eigenvalue weighted by Crippen LogP contribution is 2.30. The van der Waals surface area contributed by atoms with Crippen LogP contribution in [0.5, 0.6) is 0 Å². The number of rotatable bonds is 4. The number of carboxylic acids is 1. The molecule has 0 bridgehead atoms. The molecule has 3 aromatic rings. The predicted octanol–water partition coefficient (Wildman–Crippen LogP) is 3.10. The van der Waals surface area contributed by atoms with Crippen molar-refractivity contribution in [2.75, 3.05) is 0 Å². The van der Waals surface area contributed by atoms with Crippen LogP contribution in [0.15, 0.2) is 48.7 Å². The first-order valence-electron chi connectivity index (χ1n) is 7.55. The van der Waals surface area contributed by atoms with Gasteiger partial charge in [-0.15, -0.1) is 5.10 Å². The molecule has 0 spiro atoms. The summed E-state index contributed by atoms with van der Waals surface area (Å²) in [6, 6.07) is 11.6. The summed E-state index contributed by atoms with van der Waals surface area (Å²) in [5.41, 5.74) is 1.17. The van der Waals surface area contributed by atoms with E-state index in [1.165, 1.54) is 18.3 Å². The smallest absolute Gasteiger partial charge is 0.354 e. The van der Waals surface area contributed by atoms with Crippen LogP contribution in [0.25, 0.3) is 11.3 Å². The summed E-state index contributed by atoms with van der Waals surface area (Å²) in [5.74, 6) is -1.79. The van der Waals surface area contributed by atoms with Gasteiger partial charge in [-0.05, 0) is 44.2 Å². The Morgan fingerprint density at radius 2 is 1.72 bits per heavy atom. The minimum absolute atomic E-state index is 0.0360. The lowest BCUT2D eigenvalue weighted by atomic mass is 9.84. The zero-order chi connectivity index (χ0) is 18.0. The summed E-state index contributed by atoms with van der Waals surface area (Å²) < 4.78 is 13.9. The van der Waals surface area contributed by atoms with Crippen molar-refractivity contribution in [3.05, 3.63) is 71.7 Å². The normalized spacial score (nSPS) is 11.3. The van der Waals surface area contributed by atoms with E-state index in [1.54, 1.807) is 30.3 Å². The van der Waals surface area contributed by atoms with Gasteiger partial charge in [0.15, 0.2) is 0 Å². The van der Waals surface area contributed by atoms with Crippen molar-refractivity contribution in [1.29, 1.82) is 0 Å². The highest BCUT2D eigenvalue weighted by molar-refractivity contribution is 5.85. The summed E-state index contributed by atoms with van der Waals surface area (Å²) >= 11 is 0. The Balaban J connectivity index is 2.07. The van der Waals surface area contributed by atoms with Crippen molar-refractivity contribution >= 4 is 5.97 Å². The fraction of sp³-hybridized carbons (Fsp3) is 0.167. The molecule has 0 aliphatic rings. The molecule has 25 heavy (non-hydrogen) atoms. The molecule has 3 heterocycles. The van der Waals surface area contributed by atoms with Gasteiger partial charge < -0.3 is 5.11 Å². The van der Waals surface area contributed by atoms with Gasteiger partial charge in [-0.3, -0.25) is 4.98 Å². The Labute approximate surface area is 143 Å². The first-order chi connectivity index (χ1) is 11.9. The number of aromatic nitrogens is 4. The molecular formula is C18H15FN4O2. The molecule has 0 saturated heterocycles. The van der Waals surface area contributed by atoms with Crippen molar-refractivity contribution in [1.82, 2.24) is 20.2 Å². The summed E-state index contributed by atoms with van der Waals surface area (Å²) in [6.07, 6.45) is 1.40. The van der Waals surface area contributed by atoms with Gasteiger partial charge >= 0.3 is 5.97 Å². The van der Waals surface area contributed by atoms with Crippen LogP contribution in [-0.2, 0) is 5.41 Å². The molecule has 3 aromatic heterocycles. The Kier molecular flexibility index (Phi) is 4.22. The number of carbonyl (C=O) groups is 1. The highest BCUT2D eigenvalue weighted by atomic mass is 19.1. The molecule has 1 N–H and O–H groups in total. The molecule has 0 saturated carbocycles. The Hall–Kier alpha value is -3.22. The van der Waals surface area contributed by atoms with Crippen LogP contribution >= 0.6 is 0 Å². The maximum atomic E-state index is 13.9. The van der Waals surface area contributed by atoms with E-state index in [1.807, 2.05) is 13.8 Å². The van der Waals surface area contributed by atoms with E-state index in [0.717, 1.165) is 0 Å². The number of hydrogen-bond acceptors (Lipinski definition) is 5. The molecule has 0 radical (unpaired) electrons. The number of pyridine rings is 2. The lowest BCUT2D eigenvalue weighted by Crippen LogP contribution is -2.23. The largest absolute Gasteiger partial charge is 0.477 e. The van der Waals surface area contributed by atoms with Crippen molar-refractivity contribution < 1.29 is 14.3 Å². The molecule has 0 fully saturated rings. The quantitative estimate of drug-likeness (QED) is 0.786. The third kappa shape index (κ3) is 3.21. The molecule has 3 rings (SSSR count). The minimum Gasteiger partial charge on any atom is -0.477 e. The third-order valence-electron chi connectivity index (χ3n) is 3.95. The van der Waals surface area contributed by atoms with Gasteiger partial charge in [-0.2, -0.15) is 9.49 Å². The van der Waals surface area contributed by atoms with Gasteiger partial charge in [0.25, 0.3) is 0 Å². The standard InChI is InChI=1S/C18H15FN4O2/c1-18(2,15-8-4-6-13(22-15)17(24)25)14-7-3-5-12(21-14)11-9-10-20-23-16(11)19/h3-10H,1-2H3,(H,24,25). The average molecular weight is 338 g/mol. The molecule has 0 aliphatic heterocycles. The van der Waals surface area contributed by atoms with Crippen LogP contribution in [-0.4, -0.2) is 31.2 Å². The van der Waals surface area contributed by atoms with Crippen LogP contribution in [0.4, 0.5) is 4.39 Å². The van der Waals surface area contributed by atoms with Gasteiger partial charge in [0.2, 0.25) is 5.95 Å². The number of hydrogen-bond donors (Lipinski definition) is 1. The summed E-state index contributed by atoms with van der Waals surface area (Å²) in [7, 11) is 0. The fourth-order valence-electron chi connectivity index (χ4n) is 2.47. The van der Waals surface area contributed by atoms with Crippen molar-refractivity contribution in [3.63, 3.8) is 0 Å². The zero-order valence-electron chi connectivity index (χ0n) is 13.6. The molecule has 0 aliphatic carbocycles. The lowest BCUT2D eigenvalue weighted by Gasteiger charge is -2.24. The molecular weight excluding hydrogens is 323 g/mol. The third-order valence-corrected chi connectivity index (χ3v) is 3.95. The van der Waals surface area contributed by atoms with Gasteiger partial charge in [-0.1, -0.05) is 12.1 Å². The second kappa shape index (κ2) is 6.35. The van der Waals surface area contributed by atoms with Crippen molar-refractivity contribution in [2.45, 2.75) is 19.3 Å². The van der Waals surface area contributed by atoms with E-state index in [0.29, 0.717) is 17.1 Å². The fourth-order valence-corrected chi connectivity index (χ4v) is 2.47.